The Morgan fingerprint density at radius 1 is 0.867 bits per heavy atom. The number of fused-ring (bicyclic) bond motifs is 2. The molecule has 0 bridgehead atoms. The maximum absolute atomic E-state index is 5.89. The average Bonchev–Trinajstić information content (AvgIpc) is 3.51. The molecule has 8 heteroatoms. The van der Waals surface area contributed by atoms with E-state index in [1.165, 1.54) is 5.56 Å². The van der Waals surface area contributed by atoms with Crippen LogP contribution in [0.3, 0.4) is 0 Å². The summed E-state index contributed by atoms with van der Waals surface area (Å²) < 4.78 is 0. The van der Waals surface area contributed by atoms with Crippen molar-refractivity contribution in [1.82, 2.24) is 30.1 Å². The Morgan fingerprint density at radius 2 is 1.80 bits per heavy atom. The van der Waals surface area contributed by atoms with Crippen molar-refractivity contribution in [1.29, 1.82) is 0 Å². The van der Waals surface area contributed by atoms with Gasteiger partial charge in [0.15, 0.2) is 5.65 Å². The molecule has 6 heterocycles. The van der Waals surface area contributed by atoms with Gasteiger partial charge in [0, 0.05) is 46.7 Å². The van der Waals surface area contributed by atoms with E-state index in [1.807, 2.05) is 18.3 Å². The van der Waals surface area contributed by atoms with Crippen LogP contribution in [-0.2, 0) is 0 Å². The number of thiophene rings is 1. The molecule has 0 spiro atoms. The predicted octanol–water partition coefficient (Wildman–Crippen LogP) is 4.87. The summed E-state index contributed by atoms with van der Waals surface area (Å²) in [5.41, 5.74) is 13.9. The van der Waals surface area contributed by atoms with Gasteiger partial charge in [-0.25, -0.2) is 9.97 Å². The lowest BCUT2D eigenvalue weighted by Gasteiger charge is -2.02. The molecule has 0 unspecified atom stereocenters. The van der Waals surface area contributed by atoms with E-state index in [2.05, 4.69) is 59.1 Å². The van der Waals surface area contributed by atoms with Gasteiger partial charge in [-0.15, -0.1) is 0 Å². The molecular formula is C22H15N7S. The van der Waals surface area contributed by atoms with Crippen LogP contribution in [0.5, 0.6) is 0 Å². The Hall–Kier alpha value is -4.04. The summed E-state index contributed by atoms with van der Waals surface area (Å²) >= 11 is 1.68. The van der Waals surface area contributed by atoms with Crippen LogP contribution in [0.15, 0.2) is 65.9 Å². The fraction of sp³-hybridized carbons (Fsp3) is 0. The molecule has 0 fully saturated rings. The molecule has 4 N–H and O–H groups in total. The van der Waals surface area contributed by atoms with Crippen molar-refractivity contribution in [3.63, 3.8) is 0 Å². The minimum Gasteiger partial charge on any atom is -0.397 e. The van der Waals surface area contributed by atoms with Gasteiger partial charge >= 0.3 is 0 Å². The number of H-pyrrole nitrogens is 2. The van der Waals surface area contributed by atoms with E-state index in [-0.39, 0.29) is 0 Å². The number of anilines is 1. The Morgan fingerprint density at radius 3 is 2.67 bits per heavy atom. The van der Waals surface area contributed by atoms with Crippen molar-refractivity contribution >= 4 is 39.1 Å². The standard InChI is InChI=1S/C22H15N7S/c23-15-5-13(8-24-10-15)14-6-18-20(28-29-22(18)26-9-14)19-7-17-16(12-2-4-30-11-12)1-3-25-21(17)27-19/h1-11H,23H2,(H,25,27)(H,26,28,29). The second-order valence-corrected chi connectivity index (χ2v) is 7.80. The van der Waals surface area contributed by atoms with Crippen molar-refractivity contribution < 1.29 is 0 Å². The molecule has 0 amide bonds. The number of hydrogen-bond donors (Lipinski definition) is 3. The first-order valence-electron chi connectivity index (χ1n) is 9.32. The van der Waals surface area contributed by atoms with Crippen molar-refractivity contribution in [2.45, 2.75) is 0 Å². The summed E-state index contributed by atoms with van der Waals surface area (Å²) in [7, 11) is 0. The molecule has 0 aromatic carbocycles. The van der Waals surface area contributed by atoms with Crippen molar-refractivity contribution in [3.8, 4) is 33.6 Å². The highest BCUT2D eigenvalue weighted by Crippen LogP contribution is 2.34. The van der Waals surface area contributed by atoms with Gasteiger partial charge in [-0.05, 0) is 52.2 Å². The van der Waals surface area contributed by atoms with Gasteiger partial charge in [0.25, 0.3) is 0 Å². The van der Waals surface area contributed by atoms with Crippen LogP contribution in [0.25, 0.3) is 55.7 Å². The van der Waals surface area contributed by atoms with Gasteiger partial charge in [0.1, 0.15) is 11.3 Å². The molecule has 0 saturated heterocycles. The van der Waals surface area contributed by atoms with Gasteiger partial charge in [0.05, 0.1) is 11.4 Å². The zero-order valence-electron chi connectivity index (χ0n) is 15.6. The molecule has 6 aromatic rings. The molecule has 30 heavy (non-hydrogen) atoms. The van der Waals surface area contributed by atoms with E-state index >= 15 is 0 Å². The minimum atomic E-state index is 0.614. The minimum absolute atomic E-state index is 0.614. The lowest BCUT2D eigenvalue weighted by molar-refractivity contribution is 1.10. The molecule has 0 atom stereocenters. The van der Waals surface area contributed by atoms with E-state index in [9.17, 15) is 0 Å². The summed E-state index contributed by atoms with van der Waals surface area (Å²) in [5, 5.41) is 13.7. The van der Waals surface area contributed by atoms with E-state index in [0.29, 0.717) is 5.69 Å². The summed E-state index contributed by atoms with van der Waals surface area (Å²) in [6.45, 7) is 0. The Labute approximate surface area is 174 Å². The number of hydrogen-bond acceptors (Lipinski definition) is 6. The quantitative estimate of drug-likeness (QED) is 0.386. The number of nitrogens with one attached hydrogen (secondary N) is 2. The fourth-order valence-electron chi connectivity index (χ4n) is 3.71. The topological polar surface area (TPSA) is 109 Å². The first kappa shape index (κ1) is 16.9. The van der Waals surface area contributed by atoms with E-state index in [1.54, 1.807) is 29.9 Å². The molecule has 6 rings (SSSR count). The van der Waals surface area contributed by atoms with Gasteiger partial charge in [0.2, 0.25) is 0 Å². The molecule has 0 radical (unpaired) electrons. The Bertz CT molecular complexity index is 1510. The Balaban J connectivity index is 1.52. The van der Waals surface area contributed by atoms with E-state index in [0.717, 1.165) is 50.1 Å². The molecule has 0 aliphatic carbocycles. The number of rotatable bonds is 3. The first-order valence-corrected chi connectivity index (χ1v) is 10.3. The predicted molar refractivity (Wildman–Crippen MR) is 120 cm³/mol. The van der Waals surface area contributed by atoms with Crippen molar-refractivity contribution in [2.24, 2.45) is 0 Å². The van der Waals surface area contributed by atoms with Crippen molar-refractivity contribution in [2.75, 3.05) is 5.73 Å². The second-order valence-electron chi connectivity index (χ2n) is 7.02. The number of nitrogens with zero attached hydrogens (tertiary/aromatic N) is 4. The SMILES string of the molecule is Nc1cncc(-c2cnc3[nH]nc(-c4cc5c(-c6ccsc6)ccnc5[nH]4)c3c2)c1. The summed E-state index contributed by atoms with van der Waals surface area (Å²) in [6.07, 6.45) is 7.02. The first-order chi connectivity index (χ1) is 14.8. The van der Waals surface area contributed by atoms with Crippen LogP contribution in [-0.4, -0.2) is 30.1 Å². The number of aromatic nitrogens is 6. The molecule has 6 aromatic heterocycles. The van der Waals surface area contributed by atoms with E-state index < -0.39 is 0 Å². The van der Waals surface area contributed by atoms with Crippen LogP contribution in [0.4, 0.5) is 5.69 Å². The maximum atomic E-state index is 5.89. The smallest absolute Gasteiger partial charge is 0.155 e. The third-order valence-electron chi connectivity index (χ3n) is 5.13. The number of nitrogens with two attached hydrogens (primary N) is 1. The average molecular weight is 409 g/mol. The van der Waals surface area contributed by atoms with Gasteiger partial charge < -0.3 is 10.7 Å². The highest BCUT2D eigenvalue weighted by molar-refractivity contribution is 7.08. The van der Waals surface area contributed by atoms with Crippen molar-refractivity contribution in [3.05, 3.63) is 65.9 Å². The van der Waals surface area contributed by atoms with E-state index in [4.69, 9.17) is 5.73 Å². The second kappa shape index (κ2) is 6.50. The summed E-state index contributed by atoms with van der Waals surface area (Å²) in [6, 6.07) is 10.2. The molecular weight excluding hydrogens is 394 g/mol. The summed E-state index contributed by atoms with van der Waals surface area (Å²) in [5.74, 6) is 0. The highest BCUT2D eigenvalue weighted by Gasteiger charge is 2.15. The largest absolute Gasteiger partial charge is 0.397 e. The summed E-state index contributed by atoms with van der Waals surface area (Å²) in [4.78, 5) is 16.6. The monoisotopic (exact) mass is 409 g/mol. The zero-order valence-corrected chi connectivity index (χ0v) is 16.4. The van der Waals surface area contributed by atoms with Crippen LogP contribution in [0, 0.1) is 0 Å². The number of nitrogen functional groups attached to an aromatic ring is 1. The molecule has 144 valence electrons. The zero-order chi connectivity index (χ0) is 20.1. The van der Waals surface area contributed by atoms with Crippen LogP contribution in [0.2, 0.25) is 0 Å². The van der Waals surface area contributed by atoms with Crippen LogP contribution in [0.1, 0.15) is 0 Å². The molecule has 0 aliphatic rings. The van der Waals surface area contributed by atoms with Gasteiger partial charge in [-0.3, -0.25) is 10.1 Å². The number of aromatic amines is 2. The lowest BCUT2D eigenvalue weighted by Crippen LogP contribution is -1.88. The molecule has 0 saturated carbocycles. The Kier molecular flexibility index (Phi) is 3.65. The fourth-order valence-corrected chi connectivity index (χ4v) is 4.36. The van der Waals surface area contributed by atoms with Gasteiger partial charge in [-0.2, -0.15) is 16.4 Å². The third-order valence-corrected chi connectivity index (χ3v) is 5.81. The maximum Gasteiger partial charge on any atom is 0.155 e. The molecule has 7 nitrogen and oxygen atoms in total. The highest BCUT2D eigenvalue weighted by atomic mass is 32.1. The molecule has 0 aliphatic heterocycles. The van der Waals surface area contributed by atoms with Crippen LogP contribution >= 0.6 is 11.3 Å². The van der Waals surface area contributed by atoms with Gasteiger partial charge in [-0.1, -0.05) is 0 Å². The normalized spacial score (nSPS) is 11.5. The third kappa shape index (κ3) is 2.66. The lowest BCUT2D eigenvalue weighted by atomic mass is 10.1. The number of pyridine rings is 3. The van der Waals surface area contributed by atoms with Crippen LogP contribution < -0.4 is 5.73 Å².